The largest absolute Gasteiger partial charge is 0.497 e. The third kappa shape index (κ3) is 6.39. The lowest BCUT2D eigenvalue weighted by molar-refractivity contribution is 0.104. The topological polar surface area (TPSA) is 51.9 Å². The van der Waals surface area contributed by atoms with Crippen molar-refractivity contribution in [2.24, 2.45) is 0 Å². The molecule has 0 aliphatic heterocycles. The highest BCUT2D eigenvalue weighted by atomic mass is 16.5. The van der Waals surface area contributed by atoms with E-state index in [4.69, 9.17) is 13.9 Å². The average Bonchev–Trinajstić information content (AvgIpc) is 3.37. The van der Waals surface area contributed by atoms with Crippen molar-refractivity contribution in [3.05, 3.63) is 120 Å². The number of rotatable bonds is 12. The van der Waals surface area contributed by atoms with Gasteiger partial charge in [0.15, 0.2) is 5.78 Å². The number of carbonyl (C=O) groups excluding carboxylic acids is 1. The molecule has 0 fully saturated rings. The molecule has 39 heavy (non-hydrogen) atoms. The lowest BCUT2D eigenvalue weighted by atomic mass is 9.97. The van der Waals surface area contributed by atoms with Crippen LogP contribution in [0.3, 0.4) is 0 Å². The van der Waals surface area contributed by atoms with E-state index in [-0.39, 0.29) is 5.78 Å². The molecule has 0 unspecified atom stereocenters. The maximum absolute atomic E-state index is 13.7. The van der Waals surface area contributed by atoms with Crippen molar-refractivity contribution >= 4 is 16.8 Å². The molecule has 4 aromatic carbocycles. The van der Waals surface area contributed by atoms with Crippen molar-refractivity contribution in [1.29, 1.82) is 0 Å². The van der Waals surface area contributed by atoms with Gasteiger partial charge in [-0.25, -0.2) is 0 Å². The molecule has 0 radical (unpaired) electrons. The first kappa shape index (κ1) is 26.3. The zero-order chi connectivity index (χ0) is 27.0. The molecule has 0 saturated carbocycles. The van der Waals surface area contributed by atoms with Crippen molar-refractivity contribution < 1.29 is 18.7 Å². The predicted octanol–water partition coefficient (Wildman–Crippen LogP) is 7.63. The number of ether oxygens (including phenoxy) is 2. The lowest BCUT2D eigenvalue weighted by Gasteiger charge is -2.16. The Labute approximate surface area is 229 Å². The summed E-state index contributed by atoms with van der Waals surface area (Å²) < 4.78 is 17.4. The van der Waals surface area contributed by atoms with Crippen molar-refractivity contribution in [2.45, 2.75) is 19.4 Å². The van der Waals surface area contributed by atoms with Crippen LogP contribution in [0, 0.1) is 0 Å². The summed E-state index contributed by atoms with van der Waals surface area (Å²) in [5, 5.41) is 0.797. The number of methoxy groups -OCH3 is 1. The highest BCUT2D eigenvalue weighted by Crippen LogP contribution is 2.36. The smallest absolute Gasteiger partial charge is 0.197 e. The first-order chi connectivity index (χ1) is 19.1. The van der Waals surface area contributed by atoms with Gasteiger partial charge in [-0.3, -0.25) is 4.79 Å². The average molecular weight is 520 g/mol. The minimum atomic E-state index is -0.0845. The second-order valence-electron chi connectivity index (χ2n) is 9.66. The zero-order valence-corrected chi connectivity index (χ0v) is 22.4. The molecule has 0 bridgehead atoms. The van der Waals surface area contributed by atoms with Crippen molar-refractivity contribution in [2.75, 3.05) is 27.3 Å². The number of carbonyl (C=O) groups is 1. The maximum atomic E-state index is 13.7. The van der Waals surface area contributed by atoms with Crippen LogP contribution in [0.1, 0.15) is 34.3 Å². The predicted molar refractivity (Wildman–Crippen MR) is 156 cm³/mol. The lowest BCUT2D eigenvalue weighted by Crippen LogP contribution is -2.19. The second kappa shape index (κ2) is 12.5. The molecule has 5 heteroatoms. The van der Waals surface area contributed by atoms with Crippen molar-refractivity contribution in [3.63, 3.8) is 0 Å². The van der Waals surface area contributed by atoms with E-state index in [1.54, 1.807) is 7.11 Å². The van der Waals surface area contributed by atoms with Gasteiger partial charge in [0.05, 0.1) is 19.3 Å². The van der Waals surface area contributed by atoms with E-state index in [1.807, 2.05) is 78.9 Å². The Balaban J connectivity index is 1.21. The van der Waals surface area contributed by atoms with E-state index in [0.717, 1.165) is 48.4 Å². The summed E-state index contributed by atoms with van der Waals surface area (Å²) in [7, 11) is 3.78. The third-order valence-electron chi connectivity index (χ3n) is 6.79. The normalized spacial score (nSPS) is 11.2. The van der Waals surface area contributed by atoms with E-state index in [1.165, 1.54) is 5.56 Å². The highest BCUT2D eigenvalue weighted by Gasteiger charge is 2.23. The number of ketones is 1. The molecule has 0 aliphatic rings. The van der Waals surface area contributed by atoms with E-state index in [2.05, 4.69) is 36.2 Å². The van der Waals surface area contributed by atoms with Gasteiger partial charge in [-0.2, -0.15) is 0 Å². The fourth-order valence-corrected chi connectivity index (χ4v) is 4.71. The maximum Gasteiger partial charge on any atom is 0.197 e. The van der Waals surface area contributed by atoms with E-state index < -0.39 is 0 Å². The molecule has 0 N–H and O–H groups in total. The van der Waals surface area contributed by atoms with Gasteiger partial charge >= 0.3 is 0 Å². The highest BCUT2D eigenvalue weighted by molar-refractivity contribution is 6.19. The van der Waals surface area contributed by atoms with Crippen LogP contribution < -0.4 is 9.47 Å². The Kier molecular flexibility index (Phi) is 8.39. The molecule has 5 rings (SSSR count). The van der Waals surface area contributed by atoms with Crippen LogP contribution in [0.4, 0.5) is 0 Å². The molecule has 198 valence electrons. The molecule has 1 aromatic heterocycles. The number of unbranched alkanes of at least 4 members (excludes halogenated alkanes) is 1. The molecule has 5 nitrogen and oxygen atoms in total. The Morgan fingerprint density at radius 2 is 1.49 bits per heavy atom. The van der Waals surface area contributed by atoms with E-state index in [0.29, 0.717) is 29.1 Å². The van der Waals surface area contributed by atoms with Crippen LogP contribution in [-0.2, 0) is 6.54 Å². The standard InChI is InChI=1S/C34H33NO4/c1-35(24-25-10-4-3-5-11-25)22-8-9-23-38-29-20-14-26(15-21-29)33(36)32-30-12-6-7-13-31(30)39-34(32)27-16-18-28(37-2)19-17-27/h3-7,10-21H,8-9,22-24H2,1-2H3. The summed E-state index contributed by atoms with van der Waals surface area (Å²) in [5.74, 6) is 1.98. The Morgan fingerprint density at radius 3 is 2.23 bits per heavy atom. The molecule has 0 saturated heterocycles. The molecular formula is C34H33NO4. The fourth-order valence-electron chi connectivity index (χ4n) is 4.71. The number of hydrogen-bond donors (Lipinski definition) is 0. The molecule has 5 aromatic rings. The van der Waals surface area contributed by atoms with Crippen LogP contribution in [0.25, 0.3) is 22.3 Å². The van der Waals surface area contributed by atoms with Crippen molar-refractivity contribution in [1.82, 2.24) is 4.90 Å². The number of fused-ring (bicyclic) bond motifs is 1. The number of furan rings is 1. The van der Waals surface area contributed by atoms with Gasteiger partial charge in [0.2, 0.25) is 0 Å². The summed E-state index contributed by atoms with van der Waals surface area (Å²) in [5.41, 5.74) is 3.98. The molecule has 0 spiro atoms. The summed E-state index contributed by atoms with van der Waals surface area (Å²) in [6.07, 6.45) is 2.02. The van der Waals surface area contributed by atoms with Gasteiger partial charge in [0, 0.05) is 23.1 Å². The molecular weight excluding hydrogens is 486 g/mol. The SMILES string of the molecule is COc1ccc(-c2oc3ccccc3c2C(=O)c2ccc(OCCCCN(C)Cc3ccccc3)cc2)cc1. The van der Waals surface area contributed by atoms with Gasteiger partial charge in [-0.15, -0.1) is 0 Å². The quantitative estimate of drug-likeness (QED) is 0.125. The van der Waals surface area contributed by atoms with Gasteiger partial charge in [-0.1, -0.05) is 48.5 Å². The van der Waals surface area contributed by atoms with Crippen LogP contribution in [0.5, 0.6) is 11.5 Å². The van der Waals surface area contributed by atoms with Gasteiger partial charge in [0.25, 0.3) is 0 Å². The third-order valence-corrected chi connectivity index (χ3v) is 6.79. The molecule has 0 atom stereocenters. The van der Waals surface area contributed by atoms with E-state index in [9.17, 15) is 4.79 Å². The number of nitrogens with zero attached hydrogens (tertiary/aromatic N) is 1. The minimum Gasteiger partial charge on any atom is -0.497 e. The fraction of sp³-hybridized carbons (Fsp3) is 0.206. The zero-order valence-electron chi connectivity index (χ0n) is 22.4. The van der Waals surface area contributed by atoms with Gasteiger partial charge in [-0.05, 0) is 86.6 Å². The Morgan fingerprint density at radius 1 is 0.795 bits per heavy atom. The van der Waals surface area contributed by atoms with Crippen LogP contribution >= 0.6 is 0 Å². The Hall–Kier alpha value is -4.35. The summed E-state index contributed by atoms with van der Waals surface area (Å²) in [4.78, 5) is 16.0. The van der Waals surface area contributed by atoms with E-state index >= 15 is 0 Å². The monoisotopic (exact) mass is 519 g/mol. The van der Waals surface area contributed by atoms with Gasteiger partial charge in [0.1, 0.15) is 22.8 Å². The second-order valence-corrected chi connectivity index (χ2v) is 9.66. The minimum absolute atomic E-state index is 0.0845. The summed E-state index contributed by atoms with van der Waals surface area (Å²) in [6.45, 7) is 2.60. The summed E-state index contributed by atoms with van der Waals surface area (Å²) in [6, 6.07) is 33.1. The van der Waals surface area contributed by atoms with Crippen LogP contribution in [0.2, 0.25) is 0 Å². The number of hydrogen-bond acceptors (Lipinski definition) is 5. The number of benzene rings is 4. The molecule has 0 aliphatic carbocycles. The van der Waals surface area contributed by atoms with Crippen LogP contribution in [0.15, 0.2) is 108 Å². The van der Waals surface area contributed by atoms with Crippen LogP contribution in [-0.4, -0.2) is 38.0 Å². The molecule has 0 amide bonds. The number of para-hydroxylation sites is 1. The Bertz CT molecular complexity index is 1510. The first-order valence-electron chi connectivity index (χ1n) is 13.3. The van der Waals surface area contributed by atoms with Gasteiger partial charge < -0.3 is 18.8 Å². The first-order valence-corrected chi connectivity index (χ1v) is 13.3. The molecule has 1 heterocycles. The summed E-state index contributed by atoms with van der Waals surface area (Å²) >= 11 is 0. The van der Waals surface area contributed by atoms with Crippen molar-refractivity contribution in [3.8, 4) is 22.8 Å².